The fourth-order valence-corrected chi connectivity index (χ4v) is 30.9. The van der Waals surface area contributed by atoms with Crippen LogP contribution in [0.15, 0.2) is 42.5 Å². The van der Waals surface area contributed by atoms with E-state index in [4.69, 9.17) is 16.5 Å². The maximum atomic E-state index is 10.9. The lowest BCUT2D eigenvalue weighted by atomic mass is 9.77. The van der Waals surface area contributed by atoms with E-state index in [2.05, 4.69) is 124 Å². The van der Waals surface area contributed by atoms with Gasteiger partial charge in [0, 0.05) is 17.0 Å². The van der Waals surface area contributed by atoms with E-state index in [0.717, 1.165) is 47.2 Å². The minimum atomic E-state index is -2.43. The zero-order valence-electron chi connectivity index (χ0n) is 32.5. The van der Waals surface area contributed by atoms with Crippen molar-refractivity contribution in [3.05, 3.63) is 64.7 Å². The molecule has 0 heterocycles. The van der Waals surface area contributed by atoms with Crippen LogP contribution in [0.3, 0.4) is 0 Å². The monoisotopic (exact) mass is 750 g/mol. The lowest BCUT2D eigenvalue weighted by Crippen LogP contribution is -2.52. The maximum Gasteiger partial charge on any atom is 0.318 e. The SMILES string of the molecule is CC(C)(c1ccc(O)c(C=CC[Si](C)(O[Si](C)(C)C)O[Si](C)(C)C)c1)c1ccc(O)c(CCC[Si](C)(O[Si](C)(C)C)O[Si](C)(C)C)c1. The van der Waals surface area contributed by atoms with Crippen LogP contribution in [0.1, 0.15) is 42.5 Å². The van der Waals surface area contributed by atoms with Crippen LogP contribution in [0.4, 0.5) is 0 Å². The summed E-state index contributed by atoms with van der Waals surface area (Å²) >= 11 is 0. The maximum absolute atomic E-state index is 10.9. The Bertz CT molecular complexity index is 1330. The molecule has 266 valence electrons. The van der Waals surface area contributed by atoms with Gasteiger partial charge in [0.25, 0.3) is 0 Å². The summed E-state index contributed by atoms with van der Waals surface area (Å²) in [4.78, 5) is 0. The van der Waals surface area contributed by atoms with Gasteiger partial charge in [-0.2, -0.15) is 0 Å². The van der Waals surface area contributed by atoms with Crippen molar-refractivity contribution >= 4 is 56.5 Å². The second-order valence-corrected chi connectivity index (χ2v) is 43.4. The van der Waals surface area contributed by atoms with E-state index in [1.54, 1.807) is 6.07 Å². The molecular weight excluding hydrogens is 685 g/mol. The molecule has 0 aliphatic rings. The highest BCUT2D eigenvalue weighted by Gasteiger charge is 2.41. The van der Waals surface area contributed by atoms with Crippen molar-refractivity contribution in [2.75, 3.05) is 0 Å². The van der Waals surface area contributed by atoms with Crippen LogP contribution in [0.2, 0.25) is 104 Å². The number of hydrogen-bond acceptors (Lipinski definition) is 6. The zero-order valence-corrected chi connectivity index (χ0v) is 38.5. The van der Waals surface area contributed by atoms with Crippen molar-refractivity contribution in [2.24, 2.45) is 0 Å². The number of aromatic hydroxyl groups is 2. The Hall–Kier alpha value is -1.08. The Morgan fingerprint density at radius 3 is 1.49 bits per heavy atom. The third-order valence-electron chi connectivity index (χ3n) is 7.50. The minimum Gasteiger partial charge on any atom is -0.508 e. The fourth-order valence-electron chi connectivity index (χ4n) is 6.24. The lowest BCUT2D eigenvalue weighted by Gasteiger charge is -2.38. The average Bonchev–Trinajstić information content (AvgIpc) is 2.81. The van der Waals surface area contributed by atoms with Gasteiger partial charge in [-0.1, -0.05) is 44.2 Å². The summed E-state index contributed by atoms with van der Waals surface area (Å²) in [7, 11) is -11.9. The molecule has 2 aromatic rings. The Morgan fingerprint density at radius 1 is 0.596 bits per heavy atom. The molecule has 0 aliphatic carbocycles. The predicted octanol–water partition coefficient (Wildman–Crippen LogP) is 10.9. The standard InChI is InChI=1S/C35H66O6Si6/c1-35(2,31-21-23-33(36)29(27-31)19-17-25-46(15,38-42(3,4)5)39-43(6,7)8)32-22-24-34(37)30(28-32)20-18-26-47(16,40-44(9,10)11)41-45(12,13)14/h17,19,21-24,27-28,36-37H,18,20,25-26H2,1-16H3. The van der Waals surface area contributed by atoms with E-state index in [1.165, 1.54) is 0 Å². The molecule has 0 radical (unpaired) electrons. The summed E-state index contributed by atoms with van der Waals surface area (Å²) in [6.45, 7) is 35.5. The molecule has 0 atom stereocenters. The van der Waals surface area contributed by atoms with Crippen LogP contribution in [-0.2, 0) is 28.3 Å². The van der Waals surface area contributed by atoms with Gasteiger partial charge < -0.3 is 26.7 Å². The lowest BCUT2D eigenvalue weighted by molar-refractivity contribution is 0.381. The highest BCUT2D eigenvalue weighted by molar-refractivity contribution is 6.88. The molecule has 2 N–H and O–H groups in total. The highest BCUT2D eigenvalue weighted by atomic mass is 28.5. The van der Waals surface area contributed by atoms with Crippen LogP contribution in [0.25, 0.3) is 6.08 Å². The topological polar surface area (TPSA) is 77.4 Å². The molecular formula is C35H66O6Si6. The number of phenolic OH excluding ortho intramolecular Hbond substituents is 2. The molecule has 6 nitrogen and oxygen atoms in total. The van der Waals surface area contributed by atoms with Gasteiger partial charge in [0.05, 0.1) is 0 Å². The van der Waals surface area contributed by atoms with Gasteiger partial charge in [-0.15, -0.1) is 0 Å². The van der Waals surface area contributed by atoms with Crippen molar-refractivity contribution < 1.29 is 26.7 Å². The predicted molar refractivity (Wildman–Crippen MR) is 216 cm³/mol. The summed E-state index contributed by atoms with van der Waals surface area (Å²) in [5.74, 6) is 0.578. The Labute approximate surface area is 294 Å². The van der Waals surface area contributed by atoms with E-state index >= 15 is 0 Å². The molecule has 0 fully saturated rings. The second-order valence-electron chi connectivity index (χ2n) is 17.8. The molecule has 2 rings (SSSR count). The highest BCUT2D eigenvalue weighted by Crippen LogP contribution is 2.37. The number of benzene rings is 2. The number of rotatable bonds is 17. The molecule has 0 spiro atoms. The Morgan fingerprint density at radius 2 is 1.02 bits per heavy atom. The first-order valence-electron chi connectivity index (χ1n) is 17.1. The molecule has 0 saturated heterocycles. The van der Waals surface area contributed by atoms with Gasteiger partial charge >= 0.3 is 17.1 Å². The van der Waals surface area contributed by atoms with Crippen molar-refractivity contribution in [3.8, 4) is 11.5 Å². The van der Waals surface area contributed by atoms with Gasteiger partial charge in [-0.3, -0.25) is 0 Å². The van der Waals surface area contributed by atoms with Crippen LogP contribution in [-0.4, -0.2) is 60.6 Å². The summed E-state index contributed by atoms with van der Waals surface area (Å²) in [5.41, 5.74) is 3.58. The zero-order chi connectivity index (χ0) is 36.3. The average molecular weight is 751 g/mol. The Balaban J connectivity index is 2.31. The number of phenols is 2. The molecule has 0 aliphatic heterocycles. The molecule has 0 unspecified atom stereocenters. The second kappa shape index (κ2) is 15.4. The van der Waals surface area contributed by atoms with Crippen LogP contribution in [0, 0.1) is 0 Å². The summed E-state index contributed by atoms with van der Waals surface area (Å²) < 4.78 is 26.7. The van der Waals surface area contributed by atoms with Crippen molar-refractivity contribution in [3.63, 3.8) is 0 Å². The first-order chi connectivity index (χ1) is 21.0. The molecule has 47 heavy (non-hydrogen) atoms. The van der Waals surface area contributed by atoms with E-state index < -0.39 is 50.4 Å². The minimum absolute atomic E-state index is 0.251. The quantitative estimate of drug-likeness (QED) is 0.157. The number of allylic oxidation sites excluding steroid dienone is 1. The molecule has 2 aromatic carbocycles. The van der Waals surface area contributed by atoms with Crippen LogP contribution in [0.5, 0.6) is 11.5 Å². The van der Waals surface area contributed by atoms with Gasteiger partial charge in [0.15, 0.2) is 33.3 Å². The normalized spacial score (nSPS) is 14.3. The first-order valence-corrected chi connectivity index (χ1v) is 35.8. The fraction of sp³-hybridized carbons (Fsp3) is 0.600. The first kappa shape index (κ1) is 42.1. The third kappa shape index (κ3) is 14.7. The molecule has 0 amide bonds. The largest absolute Gasteiger partial charge is 0.508 e. The van der Waals surface area contributed by atoms with Crippen LogP contribution < -0.4 is 0 Å². The van der Waals surface area contributed by atoms with E-state index in [1.807, 2.05) is 24.3 Å². The van der Waals surface area contributed by atoms with E-state index in [-0.39, 0.29) is 11.2 Å². The van der Waals surface area contributed by atoms with Gasteiger partial charge in [-0.25, -0.2) is 0 Å². The molecule has 0 aromatic heterocycles. The smallest absolute Gasteiger partial charge is 0.318 e. The molecule has 12 heteroatoms. The number of hydrogen-bond donors (Lipinski definition) is 2. The summed E-state index contributed by atoms with van der Waals surface area (Å²) in [6, 6.07) is 13.5. The summed E-state index contributed by atoms with van der Waals surface area (Å²) in [5, 5.41) is 21.7. The van der Waals surface area contributed by atoms with Gasteiger partial charge in [0.1, 0.15) is 11.5 Å². The Kier molecular flexibility index (Phi) is 13.8. The van der Waals surface area contributed by atoms with E-state index in [9.17, 15) is 10.2 Å². The molecule has 0 saturated carbocycles. The molecule has 0 bridgehead atoms. The van der Waals surface area contributed by atoms with E-state index in [0.29, 0.717) is 5.75 Å². The number of aryl methyl sites for hydroxylation is 1. The van der Waals surface area contributed by atoms with Crippen LogP contribution >= 0.6 is 0 Å². The van der Waals surface area contributed by atoms with Crippen molar-refractivity contribution in [2.45, 2.75) is 136 Å². The van der Waals surface area contributed by atoms with Crippen molar-refractivity contribution in [1.29, 1.82) is 0 Å². The van der Waals surface area contributed by atoms with Gasteiger partial charge in [0.2, 0.25) is 0 Å². The van der Waals surface area contributed by atoms with Crippen molar-refractivity contribution in [1.82, 2.24) is 0 Å². The third-order valence-corrected chi connectivity index (χ3v) is 26.4. The summed E-state index contributed by atoms with van der Waals surface area (Å²) in [6.07, 6.45) is 5.78. The van der Waals surface area contributed by atoms with Gasteiger partial charge in [-0.05, 0) is 145 Å².